The Kier molecular flexibility index (Phi) is 6.01. The van der Waals surface area contributed by atoms with Crippen LogP contribution in [0.4, 0.5) is 10.6 Å². The minimum atomic E-state index is -0.0485. The van der Waals surface area contributed by atoms with Crippen LogP contribution in [-0.2, 0) is 0 Å². The summed E-state index contributed by atoms with van der Waals surface area (Å²) >= 11 is 0. The van der Waals surface area contributed by atoms with Crippen molar-refractivity contribution in [2.45, 2.75) is 45.4 Å². The number of carbonyl (C=O) groups excluding carboxylic acids is 1. The van der Waals surface area contributed by atoms with Gasteiger partial charge >= 0.3 is 6.03 Å². The number of amides is 2. The zero-order valence-electron chi connectivity index (χ0n) is 14.7. The molecule has 1 aromatic heterocycles. The van der Waals surface area contributed by atoms with Gasteiger partial charge in [0.25, 0.3) is 0 Å². The molecule has 0 aromatic carbocycles. The maximum atomic E-state index is 12.5. The predicted molar refractivity (Wildman–Crippen MR) is 95.0 cm³/mol. The number of rotatable bonds is 3. The lowest BCUT2D eigenvalue weighted by Gasteiger charge is -2.28. The van der Waals surface area contributed by atoms with E-state index in [0.29, 0.717) is 11.6 Å². The maximum Gasteiger partial charge on any atom is 0.323 e. The fraction of sp³-hybridized carbons (Fsp3) is 0.722. The number of hydrogen-bond donors (Lipinski definition) is 1. The number of aromatic nitrogens is 2. The third-order valence-electron chi connectivity index (χ3n) is 5.13. The molecule has 2 fully saturated rings. The summed E-state index contributed by atoms with van der Waals surface area (Å²) in [6, 6.07) is 1.69. The largest absolute Gasteiger partial charge is 0.323 e. The van der Waals surface area contributed by atoms with Crippen LogP contribution in [0.3, 0.4) is 0 Å². The Morgan fingerprint density at radius 3 is 2.79 bits per heavy atom. The van der Waals surface area contributed by atoms with Crippen molar-refractivity contribution in [1.82, 2.24) is 19.8 Å². The number of nitrogens with one attached hydrogen (secondary N) is 1. The second-order valence-electron chi connectivity index (χ2n) is 7.06. The second kappa shape index (κ2) is 8.42. The SMILES string of the molecule is Cc1nccc(NC(=O)N2CCCN(CC3CCCCC3)CC2)n1. The summed E-state index contributed by atoms with van der Waals surface area (Å²) in [5.74, 6) is 2.11. The number of anilines is 1. The molecule has 0 unspecified atom stereocenters. The third-order valence-corrected chi connectivity index (χ3v) is 5.13. The quantitative estimate of drug-likeness (QED) is 0.925. The second-order valence-corrected chi connectivity index (χ2v) is 7.06. The van der Waals surface area contributed by atoms with E-state index >= 15 is 0 Å². The zero-order chi connectivity index (χ0) is 16.8. The van der Waals surface area contributed by atoms with Gasteiger partial charge < -0.3 is 9.80 Å². The van der Waals surface area contributed by atoms with E-state index in [1.165, 1.54) is 38.6 Å². The molecule has 1 N–H and O–H groups in total. The van der Waals surface area contributed by atoms with Crippen LogP contribution in [0, 0.1) is 12.8 Å². The topological polar surface area (TPSA) is 61.4 Å². The van der Waals surface area contributed by atoms with Crippen LogP contribution in [-0.4, -0.2) is 58.5 Å². The molecule has 2 heterocycles. The molecule has 2 aliphatic rings. The normalized spacial score (nSPS) is 20.6. The average Bonchev–Trinajstić information content (AvgIpc) is 2.81. The Morgan fingerprint density at radius 2 is 2.00 bits per heavy atom. The van der Waals surface area contributed by atoms with Gasteiger partial charge in [-0.2, -0.15) is 0 Å². The molecular formula is C18H29N5O. The lowest BCUT2D eigenvalue weighted by atomic mass is 9.89. The van der Waals surface area contributed by atoms with Gasteiger partial charge in [0.15, 0.2) is 0 Å². The van der Waals surface area contributed by atoms with Crippen LogP contribution < -0.4 is 5.32 Å². The number of carbonyl (C=O) groups is 1. The van der Waals surface area contributed by atoms with E-state index in [2.05, 4.69) is 20.2 Å². The van der Waals surface area contributed by atoms with Crippen molar-refractivity contribution in [2.75, 3.05) is 38.0 Å². The summed E-state index contributed by atoms with van der Waals surface area (Å²) in [6.45, 7) is 6.73. The van der Waals surface area contributed by atoms with E-state index in [4.69, 9.17) is 0 Å². The highest BCUT2D eigenvalue weighted by Crippen LogP contribution is 2.24. The zero-order valence-corrected chi connectivity index (χ0v) is 14.7. The van der Waals surface area contributed by atoms with Crippen LogP contribution in [0.25, 0.3) is 0 Å². The summed E-state index contributed by atoms with van der Waals surface area (Å²) in [5.41, 5.74) is 0. The molecule has 1 saturated carbocycles. The smallest absolute Gasteiger partial charge is 0.323 e. The predicted octanol–water partition coefficient (Wildman–Crippen LogP) is 2.90. The molecule has 0 bridgehead atoms. The minimum Gasteiger partial charge on any atom is -0.323 e. The Morgan fingerprint density at radius 1 is 1.17 bits per heavy atom. The van der Waals surface area contributed by atoms with Gasteiger partial charge in [0.05, 0.1) is 0 Å². The first-order chi connectivity index (χ1) is 11.7. The molecule has 6 heteroatoms. The molecule has 1 aliphatic carbocycles. The minimum absolute atomic E-state index is 0.0485. The molecule has 24 heavy (non-hydrogen) atoms. The van der Waals surface area contributed by atoms with Crippen molar-refractivity contribution in [2.24, 2.45) is 5.92 Å². The van der Waals surface area contributed by atoms with Crippen LogP contribution >= 0.6 is 0 Å². The van der Waals surface area contributed by atoms with Gasteiger partial charge in [-0.15, -0.1) is 0 Å². The van der Waals surface area contributed by atoms with Gasteiger partial charge in [0.2, 0.25) is 0 Å². The molecule has 2 amide bonds. The first-order valence-electron chi connectivity index (χ1n) is 9.28. The Hall–Kier alpha value is -1.69. The van der Waals surface area contributed by atoms with E-state index in [1.807, 2.05) is 11.8 Å². The highest BCUT2D eigenvalue weighted by Gasteiger charge is 2.22. The van der Waals surface area contributed by atoms with Crippen molar-refractivity contribution in [3.8, 4) is 0 Å². The van der Waals surface area contributed by atoms with Crippen molar-refractivity contribution in [1.29, 1.82) is 0 Å². The fourth-order valence-electron chi connectivity index (χ4n) is 3.81. The first-order valence-corrected chi connectivity index (χ1v) is 9.28. The highest BCUT2D eigenvalue weighted by molar-refractivity contribution is 5.88. The van der Waals surface area contributed by atoms with Crippen molar-refractivity contribution >= 4 is 11.8 Å². The summed E-state index contributed by atoms with van der Waals surface area (Å²) in [5, 5.41) is 2.89. The number of hydrogen-bond acceptors (Lipinski definition) is 4. The van der Waals surface area contributed by atoms with E-state index in [1.54, 1.807) is 12.3 Å². The molecule has 132 valence electrons. The monoisotopic (exact) mass is 331 g/mol. The van der Waals surface area contributed by atoms with E-state index in [9.17, 15) is 4.79 Å². The van der Waals surface area contributed by atoms with Crippen LogP contribution in [0.2, 0.25) is 0 Å². The molecule has 1 aliphatic heterocycles. The average molecular weight is 331 g/mol. The van der Waals surface area contributed by atoms with Crippen LogP contribution in [0.1, 0.15) is 44.3 Å². The summed E-state index contributed by atoms with van der Waals surface area (Å²) < 4.78 is 0. The fourth-order valence-corrected chi connectivity index (χ4v) is 3.81. The van der Waals surface area contributed by atoms with Crippen molar-refractivity contribution in [3.63, 3.8) is 0 Å². The number of nitrogens with zero attached hydrogens (tertiary/aromatic N) is 4. The summed E-state index contributed by atoms with van der Waals surface area (Å²) in [7, 11) is 0. The highest BCUT2D eigenvalue weighted by atomic mass is 16.2. The molecule has 0 atom stereocenters. The van der Waals surface area contributed by atoms with Crippen molar-refractivity contribution in [3.05, 3.63) is 18.1 Å². The van der Waals surface area contributed by atoms with Gasteiger partial charge in [-0.25, -0.2) is 14.8 Å². The van der Waals surface area contributed by atoms with Crippen LogP contribution in [0.15, 0.2) is 12.3 Å². The van der Waals surface area contributed by atoms with Gasteiger partial charge in [-0.1, -0.05) is 19.3 Å². The lowest BCUT2D eigenvalue weighted by molar-refractivity contribution is 0.197. The number of aryl methyl sites for hydroxylation is 1. The Balaban J connectivity index is 1.48. The van der Waals surface area contributed by atoms with E-state index < -0.39 is 0 Å². The van der Waals surface area contributed by atoms with E-state index in [0.717, 1.165) is 38.5 Å². The van der Waals surface area contributed by atoms with E-state index in [-0.39, 0.29) is 6.03 Å². The molecule has 1 saturated heterocycles. The van der Waals surface area contributed by atoms with Crippen molar-refractivity contribution < 1.29 is 4.79 Å². The Bertz CT molecular complexity index is 544. The molecule has 1 aromatic rings. The molecular weight excluding hydrogens is 302 g/mol. The van der Waals surface area contributed by atoms with Gasteiger partial charge in [0.1, 0.15) is 11.6 Å². The summed E-state index contributed by atoms with van der Waals surface area (Å²) in [4.78, 5) is 25.2. The van der Waals surface area contributed by atoms with Gasteiger partial charge in [-0.05, 0) is 44.7 Å². The van der Waals surface area contributed by atoms with Crippen LogP contribution in [0.5, 0.6) is 0 Å². The van der Waals surface area contributed by atoms with Gasteiger partial charge in [0, 0.05) is 32.4 Å². The Labute approximate surface area is 144 Å². The lowest BCUT2D eigenvalue weighted by Crippen LogP contribution is -2.39. The first kappa shape index (κ1) is 17.1. The molecule has 0 radical (unpaired) electrons. The maximum absolute atomic E-state index is 12.5. The third kappa shape index (κ3) is 4.90. The number of urea groups is 1. The molecule has 3 rings (SSSR count). The molecule has 0 spiro atoms. The summed E-state index contributed by atoms with van der Waals surface area (Å²) in [6.07, 6.45) is 9.68. The van der Waals surface area contributed by atoms with Gasteiger partial charge in [-0.3, -0.25) is 5.32 Å². The standard InChI is InChI=1S/C18H29N5O/c1-15-19-9-8-17(20-15)21-18(24)23-11-5-10-22(12-13-23)14-16-6-3-2-4-7-16/h8-9,16H,2-7,10-14H2,1H3,(H,19,20,21,24). The molecule has 6 nitrogen and oxygen atoms in total.